The van der Waals surface area contributed by atoms with E-state index in [-0.39, 0.29) is 18.6 Å². The maximum absolute atomic E-state index is 12.2. The summed E-state index contributed by atoms with van der Waals surface area (Å²) >= 11 is 7.18. The minimum absolute atomic E-state index is 0.0855. The number of hydrogen-bond donors (Lipinski definition) is 1. The Bertz CT molecular complexity index is 394. The Hall–Kier alpha value is -0.580. The second-order valence-corrected chi connectivity index (χ2v) is 5.98. The van der Waals surface area contributed by atoms with Gasteiger partial charge in [-0.15, -0.1) is 11.3 Å². The Morgan fingerprint density at radius 1 is 1.59 bits per heavy atom. The quantitative estimate of drug-likeness (QED) is 0.916. The summed E-state index contributed by atoms with van der Waals surface area (Å²) in [5.41, 5.74) is 0. The Balaban J connectivity index is 2.03. The van der Waals surface area contributed by atoms with Gasteiger partial charge in [-0.25, -0.2) is 0 Å². The van der Waals surface area contributed by atoms with Crippen LogP contribution in [-0.2, 0) is 0 Å². The van der Waals surface area contributed by atoms with Crippen molar-refractivity contribution < 1.29 is 9.90 Å². The molecule has 1 atom stereocenters. The zero-order valence-corrected chi connectivity index (χ0v) is 11.1. The lowest BCUT2D eigenvalue weighted by Gasteiger charge is -2.23. The minimum Gasteiger partial charge on any atom is -0.396 e. The molecule has 0 spiro atoms. The standard InChI is InChI=1S/C12H16ClNO2S/c13-11-6-5-10(17-11)12(16)14-7-1-3-9(14)4-2-8-15/h5-6,9,15H,1-4,7-8H2. The second kappa shape index (κ2) is 5.85. The van der Waals surface area contributed by atoms with E-state index in [2.05, 4.69) is 0 Å². The number of amides is 1. The van der Waals surface area contributed by atoms with Gasteiger partial charge in [0, 0.05) is 19.2 Å². The first-order valence-electron chi connectivity index (χ1n) is 5.89. The predicted octanol–water partition coefficient (Wildman–Crippen LogP) is 2.78. The molecule has 2 rings (SSSR count). The molecule has 1 aromatic heterocycles. The Morgan fingerprint density at radius 3 is 3.06 bits per heavy atom. The lowest BCUT2D eigenvalue weighted by Crippen LogP contribution is -2.35. The predicted molar refractivity (Wildman–Crippen MR) is 69.7 cm³/mol. The van der Waals surface area contributed by atoms with Gasteiger partial charge in [0.1, 0.15) is 0 Å². The Kier molecular flexibility index (Phi) is 4.42. The van der Waals surface area contributed by atoms with E-state index >= 15 is 0 Å². The van der Waals surface area contributed by atoms with E-state index in [0.717, 1.165) is 32.2 Å². The molecule has 1 unspecified atom stereocenters. The summed E-state index contributed by atoms with van der Waals surface area (Å²) in [6.45, 7) is 1.02. The van der Waals surface area contributed by atoms with Gasteiger partial charge in [0.15, 0.2) is 0 Å². The number of likely N-dealkylation sites (tertiary alicyclic amines) is 1. The van der Waals surface area contributed by atoms with Crippen LogP contribution in [0.1, 0.15) is 35.4 Å². The van der Waals surface area contributed by atoms with Crippen molar-refractivity contribution in [2.75, 3.05) is 13.2 Å². The van der Waals surface area contributed by atoms with Gasteiger partial charge < -0.3 is 10.0 Å². The molecule has 3 nitrogen and oxygen atoms in total. The zero-order valence-electron chi connectivity index (χ0n) is 9.56. The van der Waals surface area contributed by atoms with Crippen LogP contribution in [0.5, 0.6) is 0 Å². The molecule has 1 N–H and O–H groups in total. The molecule has 2 heterocycles. The summed E-state index contributed by atoms with van der Waals surface area (Å²) in [6, 6.07) is 3.84. The van der Waals surface area contributed by atoms with Gasteiger partial charge >= 0.3 is 0 Å². The van der Waals surface area contributed by atoms with Crippen molar-refractivity contribution >= 4 is 28.8 Å². The fraction of sp³-hybridized carbons (Fsp3) is 0.583. The van der Waals surface area contributed by atoms with Crippen molar-refractivity contribution in [1.29, 1.82) is 0 Å². The minimum atomic E-state index is 0.0855. The number of rotatable bonds is 4. The molecule has 0 aliphatic carbocycles. The first-order valence-corrected chi connectivity index (χ1v) is 7.09. The van der Waals surface area contributed by atoms with Gasteiger partial charge in [-0.1, -0.05) is 11.6 Å². The highest BCUT2D eigenvalue weighted by Crippen LogP contribution is 2.27. The highest BCUT2D eigenvalue weighted by molar-refractivity contribution is 7.17. The van der Waals surface area contributed by atoms with Crippen LogP contribution >= 0.6 is 22.9 Å². The number of carbonyl (C=O) groups is 1. The normalized spacial score (nSPS) is 19.9. The topological polar surface area (TPSA) is 40.5 Å². The van der Waals surface area contributed by atoms with Crippen molar-refractivity contribution in [3.05, 3.63) is 21.3 Å². The van der Waals surface area contributed by atoms with Crippen molar-refractivity contribution in [3.8, 4) is 0 Å². The molecule has 5 heteroatoms. The first-order chi connectivity index (χ1) is 8.22. The van der Waals surface area contributed by atoms with Crippen molar-refractivity contribution in [1.82, 2.24) is 4.90 Å². The molecule has 17 heavy (non-hydrogen) atoms. The van der Waals surface area contributed by atoms with Crippen LogP contribution < -0.4 is 0 Å². The third-order valence-corrected chi connectivity index (χ3v) is 4.34. The molecule has 0 aromatic carbocycles. The van der Waals surface area contributed by atoms with Crippen LogP contribution in [0.15, 0.2) is 12.1 Å². The third-order valence-electron chi connectivity index (χ3n) is 3.12. The average molecular weight is 274 g/mol. The van der Waals surface area contributed by atoms with Crippen LogP contribution in [0.3, 0.4) is 0 Å². The number of carbonyl (C=O) groups excluding carboxylic acids is 1. The van der Waals surface area contributed by atoms with E-state index < -0.39 is 0 Å². The lowest BCUT2D eigenvalue weighted by atomic mass is 10.1. The molecular formula is C12H16ClNO2S. The molecule has 94 valence electrons. The van der Waals surface area contributed by atoms with Gasteiger partial charge in [0.2, 0.25) is 0 Å². The fourth-order valence-electron chi connectivity index (χ4n) is 2.30. The van der Waals surface area contributed by atoms with E-state index in [1.165, 1.54) is 11.3 Å². The van der Waals surface area contributed by atoms with E-state index in [0.29, 0.717) is 9.21 Å². The van der Waals surface area contributed by atoms with Crippen LogP contribution in [0.25, 0.3) is 0 Å². The highest BCUT2D eigenvalue weighted by Gasteiger charge is 2.29. The van der Waals surface area contributed by atoms with E-state index in [9.17, 15) is 4.79 Å². The maximum atomic E-state index is 12.2. The van der Waals surface area contributed by atoms with E-state index in [4.69, 9.17) is 16.7 Å². The summed E-state index contributed by atoms with van der Waals surface area (Å²) in [6.07, 6.45) is 3.76. The Labute approximate surface area is 110 Å². The van der Waals surface area contributed by atoms with Crippen molar-refractivity contribution in [2.24, 2.45) is 0 Å². The second-order valence-electron chi connectivity index (χ2n) is 4.26. The van der Waals surface area contributed by atoms with Gasteiger partial charge in [0.25, 0.3) is 5.91 Å². The van der Waals surface area contributed by atoms with E-state index in [1.807, 2.05) is 4.90 Å². The smallest absolute Gasteiger partial charge is 0.264 e. The number of halogens is 1. The van der Waals surface area contributed by atoms with Crippen LogP contribution in [0.4, 0.5) is 0 Å². The van der Waals surface area contributed by atoms with Gasteiger partial charge in [-0.3, -0.25) is 4.79 Å². The molecule has 0 saturated carbocycles. The van der Waals surface area contributed by atoms with Gasteiger partial charge in [-0.05, 0) is 37.8 Å². The highest BCUT2D eigenvalue weighted by atomic mass is 35.5. The average Bonchev–Trinajstić information content (AvgIpc) is 2.94. The summed E-state index contributed by atoms with van der Waals surface area (Å²) in [5, 5.41) is 8.85. The summed E-state index contributed by atoms with van der Waals surface area (Å²) in [7, 11) is 0. The summed E-state index contributed by atoms with van der Waals surface area (Å²) in [4.78, 5) is 14.9. The zero-order chi connectivity index (χ0) is 12.3. The molecule has 1 aromatic rings. The van der Waals surface area contributed by atoms with Crippen molar-refractivity contribution in [2.45, 2.75) is 31.7 Å². The maximum Gasteiger partial charge on any atom is 0.264 e. The number of nitrogens with zero attached hydrogens (tertiary/aromatic N) is 1. The lowest BCUT2D eigenvalue weighted by molar-refractivity contribution is 0.0729. The molecular weight excluding hydrogens is 258 g/mol. The van der Waals surface area contributed by atoms with Crippen LogP contribution in [0.2, 0.25) is 4.34 Å². The number of thiophene rings is 1. The molecule has 1 aliphatic rings. The molecule has 0 bridgehead atoms. The van der Waals surface area contributed by atoms with Gasteiger partial charge in [-0.2, -0.15) is 0 Å². The number of aliphatic hydroxyl groups excluding tert-OH is 1. The number of aliphatic hydroxyl groups is 1. The monoisotopic (exact) mass is 273 g/mol. The van der Waals surface area contributed by atoms with Crippen molar-refractivity contribution in [3.63, 3.8) is 0 Å². The Morgan fingerprint density at radius 2 is 2.41 bits per heavy atom. The third kappa shape index (κ3) is 3.00. The SMILES string of the molecule is O=C(c1ccc(Cl)s1)N1CCCC1CCCO. The van der Waals surface area contributed by atoms with Crippen LogP contribution in [0, 0.1) is 0 Å². The van der Waals surface area contributed by atoms with Gasteiger partial charge in [0.05, 0.1) is 9.21 Å². The van der Waals surface area contributed by atoms with E-state index in [1.54, 1.807) is 12.1 Å². The molecule has 0 radical (unpaired) electrons. The number of hydrogen-bond acceptors (Lipinski definition) is 3. The fourth-order valence-corrected chi connectivity index (χ4v) is 3.30. The first kappa shape index (κ1) is 12.9. The molecule has 1 saturated heterocycles. The summed E-state index contributed by atoms with van der Waals surface area (Å²) < 4.78 is 0.652. The van der Waals surface area contributed by atoms with Crippen LogP contribution in [-0.4, -0.2) is 35.1 Å². The molecule has 1 aliphatic heterocycles. The molecule has 1 amide bonds. The summed E-state index contributed by atoms with van der Waals surface area (Å²) in [5.74, 6) is 0.0855. The molecule has 1 fully saturated rings. The largest absolute Gasteiger partial charge is 0.396 e.